The molecular weight excluding hydrogens is 298 g/mol. The van der Waals surface area contributed by atoms with Gasteiger partial charge in [-0.15, -0.1) is 0 Å². The summed E-state index contributed by atoms with van der Waals surface area (Å²) < 4.78 is 9.69. The summed E-state index contributed by atoms with van der Waals surface area (Å²) >= 11 is 0. The van der Waals surface area contributed by atoms with E-state index in [0.717, 1.165) is 0 Å². The first-order valence-corrected chi connectivity index (χ1v) is 6.96. The number of amides is 1. The minimum absolute atomic E-state index is 0.322. The van der Waals surface area contributed by atoms with Gasteiger partial charge in [0.25, 0.3) is 0 Å². The lowest BCUT2D eigenvalue weighted by Crippen LogP contribution is -2.46. The van der Waals surface area contributed by atoms with Gasteiger partial charge in [-0.25, -0.2) is 9.59 Å². The molecule has 120 valence electrons. The molecule has 0 fully saturated rings. The van der Waals surface area contributed by atoms with Crippen molar-refractivity contribution in [2.75, 3.05) is 7.11 Å². The fourth-order valence-electron chi connectivity index (χ4n) is 1.99. The van der Waals surface area contributed by atoms with Gasteiger partial charge in [-0.2, -0.15) is 0 Å². The van der Waals surface area contributed by atoms with Crippen LogP contribution in [0.4, 0.5) is 4.79 Å². The molecule has 0 saturated heterocycles. The lowest BCUT2D eigenvalue weighted by atomic mass is 10.0. The van der Waals surface area contributed by atoms with Crippen molar-refractivity contribution in [3.05, 3.63) is 66.2 Å². The Labute approximate surface area is 133 Å². The number of para-hydroxylation sites is 1. The van der Waals surface area contributed by atoms with E-state index in [1.54, 1.807) is 60.7 Å². The highest BCUT2D eigenvalue weighted by molar-refractivity contribution is 5.82. The molecule has 0 spiro atoms. The molecular formula is C17H17NO5. The van der Waals surface area contributed by atoms with E-state index < -0.39 is 24.2 Å². The molecule has 0 saturated carbocycles. The van der Waals surface area contributed by atoms with Crippen LogP contribution in [-0.2, 0) is 9.53 Å². The minimum atomic E-state index is -1.28. The van der Waals surface area contributed by atoms with E-state index in [2.05, 4.69) is 10.1 Å². The molecule has 2 unspecified atom stereocenters. The van der Waals surface area contributed by atoms with Crippen molar-refractivity contribution in [1.29, 1.82) is 0 Å². The summed E-state index contributed by atoms with van der Waals surface area (Å²) in [5, 5.41) is 12.7. The summed E-state index contributed by atoms with van der Waals surface area (Å²) in [6.07, 6.45) is -2.12. The third kappa shape index (κ3) is 4.55. The van der Waals surface area contributed by atoms with E-state index >= 15 is 0 Å². The van der Waals surface area contributed by atoms with E-state index in [1.807, 2.05) is 0 Å². The first-order chi connectivity index (χ1) is 11.1. The topological polar surface area (TPSA) is 84.9 Å². The summed E-state index contributed by atoms with van der Waals surface area (Å²) in [5.41, 5.74) is 0.475. The molecule has 2 atom stereocenters. The van der Waals surface area contributed by atoms with Crippen molar-refractivity contribution < 1.29 is 24.2 Å². The second kappa shape index (κ2) is 7.95. The van der Waals surface area contributed by atoms with Crippen LogP contribution in [-0.4, -0.2) is 30.3 Å². The van der Waals surface area contributed by atoms with Crippen molar-refractivity contribution >= 4 is 12.1 Å². The average molecular weight is 315 g/mol. The van der Waals surface area contributed by atoms with E-state index in [0.29, 0.717) is 11.3 Å². The lowest BCUT2D eigenvalue weighted by molar-refractivity contribution is -0.146. The lowest BCUT2D eigenvalue weighted by Gasteiger charge is -2.21. The second-order valence-electron chi connectivity index (χ2n) is 4.70. The van der Waals surface area contributed by atoms with Crippen LogP contribution in [0.25, 0.3) is 0 Å². The predicted octanol–water partition coefficient (Wildman–Crippen LogP) is 2.05. The molecule has 2 aromatic carbocycles. The van der Waals surface area contributed by atoms with Crippen LogP contribution in [0.2, 0.25) is 0 Å². The number of methoxy groups -OCH3 is 1. The van der Waals surface area contributed by atoms with Gasteiger partial charge in [0.1, 0.15) is 11.9 Å². The fraction of sp³-hybridized carbons (Fsp3) is 0.176. The Morgan fingerprint density at radius 1 is 1.00 bits per heavy atom. The molecule has 2 rings (SSSR count). The molecule has 23 heavy (non-hydrogen) atoms. The standard InChI is InChI=1S/C17H17NO5/c1-22-16(20)14(15(19)12-8-4-2-5-9-12)18-17(21)23-13-10-6-3-7-11-13/h2-11,14-15,19H,1H3,(H,18,21). The highest BCUT2D eigenvalue weighted by Crippen LogP contribution is 2.18. The predicted molar refractivity (Wildman–Crippen MR) is 82.8 cm³/mol. The molecule has 0 radical (unpaired) electrons. The molecule has 0 aliphatic carbocycles. The monoisotopic (exact) mass is 315 g/mol. The zero-order chi connectivity index (χ0) is 16.7. The quantitative estimate of drug-likeness (QED) is 0.825. The number of rotatable bonds is 5. The van der Waals surface area contributed by atoms with E-state index in [4.69, 9.17) is 4.74 Å². The van der Waals surface area contributed by atoms with Gasteiger partial charge in [0.15, 0.2) is 6.04 Å². The molecule has 6 nitrogen and oxygen atoms in total. The van der Waals surface area contributed by atoms with Gasteiger partial charge in [-0.05, 0) is 17.7 Å². The Morgan fingerprint density at radius 2 is 1.57 bits per heavy atom. The summed E-state index contributed by atoms with van der Waals surface area (Å²) in [7, 11) is 1.18. The van der Waals surface area contributed by atoms with Crippen LogP contribution < -0.4 is 10.1 Å². The smallest absolute Gasteiger partial charge is 0.413 e. The van der Waals surface area contributed by atoms with Crippen LogP contribution in [0.1, 0.15) is 11.7 Å². The van der Waals surface area contributed by atoms with Crippen LogP contribution in [0.5, 0.6) is 5.75 Å². The summed E-state index contributed by atoms with van der Waals surface area (Å²) in [6, 6.07) is 15.6. The van der Waals surface area contributed by atoms with Gasteiger partial charge < -0.3 is 19.9 Å². The Morgan fingerprint density at radius 3 is 2.13 bits per heavy atom. The van der Waals surface area contributed by atoms with Gasteiger partial charge in [0, 0.05) is 0 Å². The summed E-state index contributed by atoms with van der Waals surface area (Å²) in [4.78, 5) is 23.8. The molecule has 0 bridgehead atoms. The number of aliphatic hydroxyl groups excluding tert-OH is 1. The summed E-state index contributed by atoms with van der Waals surface area (Å²) in [5.74, 6) is -0.450. The molecule has 2 N–H and O–H groups in total. The van der Waals surface area contributed by atoms with Crippen LogP contribution >= 0.6 is 0 Å². The number of benzene rings is 2. The van der Waals surface area contributed by atoms with Gasteiger partial charge in [0.2, 0.25) is 0 Å². The normalized spacial score (nSPS) is 12.8. The molecule has 1 amide bonds. The summed E-state index contributed by atoms with van der Waals surface area (Å²) in [6.45, 7) is 0. The number of esters is 1. The highest BCUT2D eigenvalue weighted by Gasteiger charge is 2.31. The number of nitrogens with one attached hydrogen (secondary N) is 1. The number of hydrogen-bond acceptors (Lipinski definition) is 5. The van der Waals surface area contributed by atoms with Crippen LogP contribution in [0, 0.1) is 0 Å². The van der Waals surface area contributed by atoms with Crippen LogP contribution in [0.15, 0.2) is 60.7 Å². The van der Waals surface area contributed by atoms with E-state index in [9.17, 15) is 14.7 Å². The third-order valence-electron chi connectivity index (χ3n) is 3.14. The maximum atomic E-state index is 11.9. The van der Waals surface area contributed by atoms with Crippen molar-refractivity contribution in [3.8, 4) is 5.75 Å². The zero-order valence-corrected chi connectivity index (χ0v) is 12.5. The number of ether oxygens (including phenoxy) is 2. The first-order valence-electron chi connectivity index (χ1n) is 6.96. The largest absolute Gasteiger partial charge is 0.467 e. The molecule has 0 aliphatic rings. The number of carbonyl (C=O) groups is 2. The molecule has 2 aromatic rings. The third-order valence-corrected chi connectivity index (χ3v) is 3.14. The minimum Gasteiger partial charge on any atom is -0.467 e. The Kier molecular flexibility index (Phi) is 5.71. The Bertz CT molecular complexity index is 645. The maximum absolute atomic E-state index is 11.9. The first kappa shape index (κ1) is 16.5. The number of carbonyl (C=O) groups excluding carboxylic acids is 2. The number of aliphatic hydroxyl groups is 1. The van der Waals surface area contributed by atoms with Crippen LogP contribution in [0.3, 0.4) is 0 Å². The Hall–Kier alpha value is -2.86. The molecule has 0 aliphatic heterocycles. The van der Waals surface area contributed by atoms with Crippen molar-refractivity contribution in [1.82, 2.24) is 5.32 Å². The van der Waals surface area contributed by atoms with Crippen molar-refractivity contribution in [2.45, 2.75) is 12.1 Å². The van der Waals surface area contributed by atoms with Crippen molar-refractivity contribution in [3.63, 3.8) is 0 Å². The average Bonchev–Trinajstić information content (AvgIpc) is 2.60. The Balaban J connectivity index is 2.09. The zero-order valence-electron chi connectivity index (χ0n) is 12.5. The van der Waals surface area contributed by atoms with E-state index in [-0.39, 0.29) is 0 Å². The molecule has 0 aromatic heterocycles. The van der Waals surface area contributed by atoms with Crippen molar-refractivity contribution in [2.24, 2.45) is 0 Å². The van der Waals surface area contributed by atoms with Gasteiger partial charge >= 0.3 is 12.1 Å². The maximum Gasteiger partial charge on any atom is 0.413 e. The van der Waals surface area contributed by atoms with Gasteiger partial charge in [-0.3, -0.25) is 0 Å². The molecule has 6 heteroatoms. The van der Waals surface area contributed by atoms with Gasteiger partial charge in [-0.1, -0.05) is 48.5 Å². The van der Waals surface area contributed by atoms with E-state index in [1.165, 1.54) is 7.11 Å². The fourth-order valence-corrected chi connectivity index (χ4v) is 1.99. The molecule has 0 heterocycles. The second-order valence-corrected chi connectivity index (χ2v) is 4.70. The SMILES string of the molecule is COC(=O)C(NC(=O)Oc1ccccc1)C(O)c1ccccc1. The highest BCUT2D eigenvalue weighted by atomic mass is 16.6. The van der Waals surface area contributed by atoms with Gasteiger partial charge in [0.05, 0.1) is 7.11 Å². The number of hydrogen-bond donors (Lipinski definition) is 2.